The molecule has 1 heterocycles. The summed E-state index contributed by atoms with van der Waals surface area (Å²) in [6.45, 7) is -0.192. The SMILES string of the molecule is C#CCCCO[C@H]1O[C@H](CO)[C@@H](O)[C@H](O)[C@H]1O. The van der Waals surface area contributed by atoms with Crippen LogP contribution in [-0.4, -0.2) is 64.3 Å². The molecule has 0 radical (unpaired) electrons. The third kappa shape index (κ3) is 3.64. The van der Waals surface area contributed by atoms with Crippen molar-refractivity contribution in [2.24, 2.45) is 0 Å². The van der Waals surface area contributed by atoms with Gasteiger partial charge in [-0.25, -0.2) is 0 Å². The Morgan fingerprint density at radius 2 is 1.88 bits per heavy atom. The highest BCUT2D eigenvalue weighted by Gasteiger charge is 2.43. The van der Waals surface area contributed by atoms with E-state index in [4.69, 9.17) is 21.0 Å². The van der Waals surface area contributed by atoms with Crippen LogP contribution < -0.4 is 0 Å². The molecule has 0 aromatic heterocycles. The molecule has 17 heavy (non-hydrogen) atoms. The fourth-order valence-electron chi connectivity index (χ4n) is 1.58. The highest BCUT2D eigenvalue weighted by atomic mass is 16.7. The van der Waals surface area contributed by atoms with Crippen LogP contribution in [0.5, 0.6) is 0 Å². The molecule has 0 bridgehead atoms. The summed E-state index contributed by atoms with van der Waals surface area (Å²) in [6.07, 6.45) is 0.0899. The zero-order valence-corrected chi connectivity index (χ0v) is 9.40. The first-order chi connectivity index (χ1) is 8.11. The Balaban J connectivity index is 2.45. The number of terminal acetylenes is 1. The lowest BCUT2D eigenvalue weighted by Gasteiger charge is -2.39. The maximum Gasteiger partial charge on any atom is 0.186 e. The number of hydrogen-bond acceptors (Lipinski definition) is 6. The number of ether oxygens (including phenoxy) is 2. The van der Waals surface area contributed by atoms with E-state index in [1.807, 2.05) is 0 Å². The molecule has 0 saturated carbocycles. The van der Waals surface area contributed by atoms with E-state index in [1.165, 1.54) is 0 Å². The number of aliphatic hydroxyl groups excluding tert-OH is 4. The molecular formula is C11H18O6. The van der Waals surface area contributed by atoms with Crippen LogP contribution in [0.25, 0.3) is 0 Å². The first-order valence-corrected chi connectivity index (χ1v) is 5.47. The van der Waals surface area contributed by atoms with Crippen LogP contribution in [-0.2, 0) is 9.47 Å². The van der Waals surface area contributed by atoms with E-state index in [0.29, 0.717) is 12.8 Å². The zero-order chi connectivity index (χ0) is 12.8. The predicted octanol–water partition coefficient (Wildman–Crippen LogP) is -1.78. The van der Waals surface area contributed by atoms with E-state index in [0.717, 1.165) is 0 Å². The molecule has 0 aromatic rings. The lowest BCUT2D eigenvalue weighted by molar-refractivity contribution is -0.301. The molecule has 1 aliphatic heterocycles. The molecule has 0 unspecified atom stereocenters. The molecule has 0 amide bonds. The van der Waals surface area contributed by atoms with Gasteiger partial charge in [-0.3, -0.25) is 0 Å². The van der Waals surface area contributed by atoms with Crippen molar-refractivity contribution >= 4 is 0 Å². The summed E-state index contributed by atoms with van der Waals surface area (Å²) in [5.74, 6) is 2.44. The predicted molar refractivity (Wildman–Crippen MR) is 57.8 cm³/mol. The summed E-state index contributed by atoms with van der Waals surface area (Å²) in [5.41, 5.74) is 0. The van der Waals surface area contributed by atoms with Crippen molar-refractivity contribution in [3.63, 3.8) is 0 Å². The molecule has 0 spiro atoms. The molecule has 0 aliphatic carbocycles. The fraction of sp³-hybridized carbons (Fsp3) is 0.818. The van der Waals surface area contributed by atoms with Gasteiger partial charge in [-0.1, -0.05) is 0 Å². The molecule has 1 fully saturated rings. The van der Waals surface area contributed by atoms with Gasteiger partial charge in [0.05, 0.1) is 13.2 Å². The molecule has 4 N–H and O–H groups in total. The minimum atomic E-state index is -1.40. The van der Waals surface area contributed by atoms with Gasteiger partial charge in [0.1, 0.15) is 24.4 Å². The normalized spacial score (nSPS) is 37.7. The van der Waals surface area contributed by atoms with Crippen LogP contribution in [0.1, 0.15) is 12.8 Å². The zero-order valence-electron chi connectivity index (χ0n) is 9.40. The Kier molecular flexibility index (Phi) is 5.85. The van der Waals surface area contributed by atoms with Gasteiger partial charge in [-0.05, 0) is 6.42 Å². The summed E-state index contributed by atoms with van der Waals surface area (Å²) < 4.78 is 10.3. The second-order valence-electron chi connectivity index (χ2n) is 3.88. The third-order valence-electron chi connectivity index (χ3n) is 2.60. The molecule has 6 nitrogen and oxygen atoms in total. The molecule has 1 saturated heterocycles. The van der Waals surface area contributed by atoms with Gasteiger partial charge < -0.3 is 29.9 Å². The quantitative estimate of drug-likeness (QED) is 0.338. The van der Waals surface area contributed by atoms with E-state index >= 15 is 0 Å². The maximum atomic E-state index is 9.60. The second kappa shape index (κ2) is 6.91. The average Bonchev–Trinajstić information content (AvgIpc) is 2.34. The molecular weight excluding hydrogens is 228 g/mol. The smallest absolute Gasteiger partial charge is 0.186 e. The number of aliphatic hydroxyl groups is 4. The first-order valence-electron chi connectivity index (χ1n) is 5.47. The van der Waals surface area contributed by atoms with Gasteiger partial charge in [0.15, 0.2) is 6.29 Å². The fourth-order valence-corrected chi connectivity index (χ4v) is 1.58. The van der Waals surface area contributed by atoms with E-state index < -0.39 is 37.3 Å². The Labute approximate surface area is 99.8 Å². The van der Waals surface area contributed by atoms with Crippen molar-refractivity contribution in [2.45, 2.75) is 43.5 Å². The molecule has 1 rings (SSSR count). The monoisotopic (exact) mass is 246 g/mol. The van der Waals surface area contributed by atoms with Gasteiger partial charge in [-0.2, -0.15) is 0 Å². The highest BCUT2D eigenvalue weighted by molar-refractivity contribution is 4.89. The van der Waals surface area contributed by atoms with E-state index in [2.05, 4.69) is 5.92 Å². The van der Waals surface area contributed by atoms with Crippen LogP contribution in [0, 0.1) is 12.3 Å². The Bertz CT molecular complexity index is 261. The number of rotatable bonds is 5. The Morgan fingerprint density at radius 1 is 1.18 bits per heavy atom. The van der Waals surface area contributed by atoms with Crippen LogP contribution in [0.15, 0.2) is 0 Å². The average molecular weight is 246 g/mol. The summed E-state index contributed by atoms with van der Waals surface area (Å²) in [4.78, 5) is 0. The molecule has 98 valence electrons. The van der Waals surface area contributed by atoms with Gasteiger partial charge in [0.25, 0.3) is 0 Å². The molecule has 0 aromatic carbocycles. The maximum absolute atomic E-state index is 9.60. The van der Waals surface area contributed by atoms with Crippen LogP contribution in [0.2, 0.25) is 0 Å². The van der Waals surface area contributed by atoms with Crippen molar-refractivity contribution in [3.8, 4) is 12.3 Å². The minimum absolute atomic E-state index is 0.271. The Morgan fingerprint density at radius 3 is 2.47 bits per heavy atom. The summed E-state index contributed by atoms with van der Waals surface area (Å²) in [5, 5.41) is 37.5. The molecule has 6 heteroatoms. The van der Waals surface area contributed by atoms with Crippen LogP contribution in [0.4, 0.5) is 0 Å². The lowest BCUT2D eigenvalue weighted by Crippen LogP contribution is -2.59. The van der Waals surface area contributed by atoms with Crippen LogP contribution >= 0.6 is 0 Å². The first kappa shape index (κ1) is 14.4. The van der Waals surface area contributed by atoms with Crippen molar-refractivity contribution in [2.75, 3.05) is 13.2 Å². The molecule has 1 aliphatic rings. The Hall–Kier alpha value is -0.680. The number of unbranched alkanes of at least 4 members (excludes halogenated alkanes) is 1. The second-order valence-corrected chi connectivity index (χ2v) is 3.88. The lowest BCUT2D eigenvalue weighted by atomic mass is 9.99. The van der Waals surface area contributed by atoms with Gasteiger partial charge in [0, 0.05) is 6.42 Å². The van der Waals surface area contributed by atoms with Crippen molar-refractivity contribution in [1.29, 1.82) is 0 Å². The minimum Gasteiger partial charge on any atom is -0.394 e. The van der Waals surface area contributed by atoms with E-state index in [9.17, 15) is 15.3 Å². The third-order valence-corrected chi connectivity index (χ3v) is 2.60. The molecule has 5 atom stereocenters. The van der Waals surface area contributed by atoms with Crippen molar-refractivity contribution < 1.29 is 29.9 Å². The largest absolute Gasteiger partial charge is 0.394 e. The van der Waals surface area contributed by atoms with Gasteiger partial charge in [-0.15, -0.1) is 12.3 Å². The summed E-state index contributed by atoms with van der Waals surface area (Å²) >= 11 is 0. The standard InChI is InChI=1S/C11H18O6/c1-2-3-4-5-16-11-10(15)9(14)8(13)7(6-12)17-11/h1,7-15H,3-6H2/t7-,8-,9+,10-,11+/m1/s1. The topological polar surface area (TPSA) is 99.4 Å². The van der Waals surface area contributed by atoms with Crippen molar-refractivity contribution in [1.82, 2.24) is 0 Å². The van der Waals surface area contributed by atoms with Gasteiger partial charge >= 0.3 is 0 Å². The van der Waals surface area contributed by atoms with Crippen LogP contribution in [0.3, 0.4) is 0 Å². The number of hydrogen-bond donors (Lipinski definition) is 4. The van der Waals surface area contributed by atoms with E-state index in [-0.39, 0.29) is 6.61 Å². The summed E-state index contributed by atoms with van der Waals surface area (Å²) in [6, 6.07) is 0. The summed E-state index contributed by atoms with van der Waals surface area (Å²) in [7, 11) is 0. The van der Waals surface area contributed by atoms with Gasteiger partial charge in [0.2, 0.25) is 0 Å². The van der Waals surface area contributed by atoms with Crippen molar-refractivity contribution in [3.05, 3.63) is 0 Å². The highest BCUT2D eigenvalue weighted by Crippen LogP contribution is 2.21. The van der Waals surface area contributed by atoms with E-state index in [1.54, 1.807) is 0 Å².